The molecule has 2 aliphatic rings. The summed E-state index contributed by atoms with van der Waals surface area (Å²) >= 11 is 0. The van der Waals surface area contributed by atoms with Gasteiger partial charge in [-0.2, -0.15) is 0 Å². The smallest absolute Gasteiger partial charge is 0.330 e. The van der Waals surface area contributed by atoms with Gasteiger partial charge in [-0.15, -0.1) is 0 Å². The lowest BCUT2D eigenvalue weighted by Crippen LogP contribution is -2.50. The van der Waals surface area contributed by atoms with E-state index in [1.54, 1.807) is 29.0 Å². The zero-order valence-corrected chi connectivity index (χ0v) is 22.0. The number of amides is 4. The van der Waals surface area contributed by atoms with Crippen LogP contribution in [0.3, 0.4) is 0 Å². The Balaban J connectivity index is 1.66. The first-order valence-corrected chi connectivity index (χ1v) is 12.8. The minimum atomic E-state index is -0.331. The molecule has 2 N–H and O–H groups in total. The molecule has 0 bridgehead atoms. The Bertz CT molecular complexity index is 1270. The summed E-state index contributed by atoms with van der Waals surface area (Å²) in [4.78, 5) is 46.6. The summed E-state index contributed by atoms with van der Waals surface area (Å²) in [6, 6.07) is 9.28. The number of likely N-dealkylation sites (tertiary alicyclic amines) is 1. The molecular weight excluding hydrogens is 466 g/mol. The van der Waals surface area contributed by atoms with Crippen molar-refractivity contribution in [3.63, 3.8) is 0 Å². The molecule has 0 spiro atoms. The summed E-state index contributed by atoms with van der Waals surface area (Å²) < 4.78 is 0. The van der Waals surface area contributed by atoms with Gasteiger partial charge in [0.05, 0.1) is 17.1 Å². The van der Waals surface area contributed by atoms with Gasteiger partial charge in [-0.1, -0.05) is 32.6 Å². The number of carbonyl (C=O) groups excluding carboxylic acids is 3. The van der Waals surface area contributed by atoms with Crippen LogP contribution in [0.25, 0.3) is 5.70 Å². The van der Waals surface area contributed by atoms with Gasteiger partial charge >= 0.3 is 6.03 Å². The zero-order valence-electron chi connectivity index (χ0n) is 22.0. The number of hydrogen-bond acceptors (Lipinski definition) is 4. The van der Waals surface area contributed by atoms with Crippen LogP contribution in [-0.2, 0) is 16.0 Å². The number of benzene rings is 1. The third kappa shape index (κ3) is 5.58. The lowest BCUT2D eigenvalue weighted by molar-refractivity contribution is -0.128. The van der Waals surface area contributed by atoms with Crippen molar-refractivity contribution in [1.29, 1.82) is 0 Å². The van der Waals surface area contributed by atoms with Gasteiger partial charge in [-0.3, -0.25) is 19.5 Å². The molecule has 3 heterocycles. The van der Waals surface area contributed by atoms with Crippen molar-refractivity contribution < 1.29 is 14.4 Å². The average molecular weight is 502 g/mol. The fourth-order valence-corrected chi connectivity index (χ4v) is 5.05. The predicted octanol–water partition coefficient (Wildman–Crippen LogP) is 4.47. The van der Waals surface area contributed by atoms with Gasteiger partial charge in [-0.25, -0.2) is 4.79 Å². The zero-order chi connectivity index (χ0) is 26.7. The van der Waals surface area contributed by atoms with E-state index in [2.05, 4.69) is 42.1 Å². The largest absolute Gasteiger partial charge is 0.348 e. The number of nitrogens with zero attached hydrogens (tertiary/aromatic N) is 3. The minimum Gasteiger partial charge on any atom is -0.348 e. The van der Waals surface area contributed by atoms with Crippen LogP contribution in [0.1, 0.15) is 50.4 Å². The molecule has 0 saturated carbocycles. The van der Waals surface area contributed by atoms with Crippen LogP contribution in [0.5, 0.6) is 0 Å². The highest BCUT2D eigenvalue weighted by Crippen LogP contribution is 2.38. The first-order chi connectivity index (χ1) is 17.7. The Kier molecular flexibility index (Phi) is 7.76. The molecule has 37 heavy (non-hydrogen) atoms. The SMILES string of the molecule is C=CC(=O)N1CCCC(NC(=O)/C(C)=C2\NC(=O)N(c3cccc(CC(C)C)c3)c3ccnc(C)c32)C1. The maximum absolute atomic E-state index is 13.5. The van der Waals surface area contributed by atoms with Crippen LogP contribution in [0.15, 0.2) is 54.8 Å². The molecule has 1 fully saturated rings. The summed E-state index contributed by atoms with van der Waals surface area (Å²) in [6.07, 6.45) is 5.46. The van der Waals surface area contributed by atoms with Crippen molar-refractivity contribution in [3.05, 3.63) is 71.6 Å². The molecule has 2 aromatic rings. The lowest BCUT2D eigenvalue weighted by Gasteiger charge is -2.34. The summed E-state index contributed by atoms with van der Waals surface area (Å²) in [7, 11) is 0. The monoisotopic (exact) mass is 501 g/mol. The third-order valence-electron chi connectivity index (χ3n) is 6.82. The van der Waals surface area contributed by atoms with Gasteiger partial charge in [-0.05, 0) is 68.9 Å². The van der Waals surface area contributed by atoms with E-state index >= 15 is 0 Å². The molecule has 0 radical (unpaired) electrons. The first-order valence-electron chi connectivity index (χ1n) is 12.8. The molecule has 1 unspecified atom stereocenters. The van der Waals surface area contributed by atoms with Gasteiger partial charge in [0.15, 0.2) is 0 Å². The van der Waals surface area contributed by atoms with Crippen molar-refractivity contribution in [1.82, 2.24) is 20.5 Å². The van der Waals surface area contributed by atoms with E-state index in [0.29, 0.717) is 41.7 Å². The maximum atomic E-state index is 13.5. The number of nitrogens with one attached hydrogen (secondary N) is 2. The van der Waals surface area contributed by atoms with E-state index in [1.807, 2.05) is 25.1 Å². The molecular formula is C29H35N5O3. The van der Waals surface area contributed by atoms with Gasteiger partial charge in [0.1, 0.15) is 0 Å². The van der Waals surface area contributed by atoms with E-state index in [0.717, 1.165) is 36.1 Å². The fraction of sp³-hybridized carbons (Fsp3) is 0.379. The Labute approximate surface area is 218 Å². The number of fused-ring (bicyclic) bond motifs is 1. The van der Waals surface area contributed by atoms with Gasteiger partial charge in [0, 0.05) is 42.2 Å². The number of urea groups is 1. The van der Waals surface area contributed by atoms with Gasteiger partial charge in [0.2, 0.25) is 11.8 Å². The number of anilines is 2. The second kappa shape index (κ2) is 11.0. The molecule has 4 rings (SSSR count). The molecule has 194 valence electrons. The highest BCUT2D eigenvalue weighted by Gasteiger charge is 2.33. The van der Waals surface area contributed by atoms with Crippen molar-refractivity contribution in [2.45, 2.75) is 53.0 Å². The normalized spacial score (nSPS) is 18.7. The van der Waals surface area contributed by atoms with Crippen molar-refractivity contribution in [2.75, 3.05) is 18.0 Å². The molecule has 8 heteroatoms. The average Bonchev–Trinajstić information content (AvgIpc) is 2.87. The minimum absolute atomic E-state index is 0.137. The van der Waals surface area contributed by atoms with Crippen LogP contribution in [0.2, 0.25) is 0 Å². The van der Waals surface area contributed by atoms with Crippen molar-refractivity contribution in [2.24, 2.45) is 5.92 Å². The highest BCUT2D eigenvalue weighted by atomic mass is 16.2. The maximum Gasteiger partial charge on any atom is 0.330 e. The van der Waals surface area contributed by atoms with E-state index in [4.69, 9.17) is 0 Å². The fourth-order valence-electron chi connectivity index (χ4n) is 5.05. The molecule has 1 aromatic heterocycles. The summed E-state index contributed by atoms with van der Waals surface area (Å²) in [5.74, 6) is 0.0718. The highest BCUT2D eigenvalue weighted by molar-refractivity contribution is 6.13. The summed E-state index contributed by atoms with van der Waals surface area (Å²) in [5.41, 5.74) is 4.87. The molecule has 8 nitrogen and oxygen atoms in total. The van der Waals surface area contributed by atoms with Gasteiger partial charge in [0.25, 0.3) is 0 Å². The quantitative estimate of drug-likeness (QED) is 0.571. The van der Waals surface area contributed by atoms with Crippen LogP contribution in [0, 0.1) is 12.8 Å². The Hall–Kier alpha value is -3.94. The second-order valence-corrected chi connectivity index (χ2v) is 10.1. The number of rotatable bonds is 6. The summed E-state index contributed by atoms with van der Waals surface area (Å²) in [6.45, 7) is 12.5. The lowest BCUT2D eigenvalue weighted by atomic mass is 9.98. The van der Waals surface area contributed by atoms with Crippen LogP contribution < -0.4 is 15.5 Å². The molecule has 1 atom stereocenters. The van der Waals surface area contributed by atoms with Crippen LogP contribution in [0.4, 0.5) is 16.2 Å². The molecule has 0 aliphatic carbocycles. The van der Waals surface area contributed by atoms with E-state index in [9.17, 15) is 14.4 Å². The topological polar surface area (TPSA) is 94.6 Å². The Morgan fingerprint density at radius 3 is 2.81 bits per heavy atom. The first kappa shape index (κ1) is 26.1. The number of aromatic nitrogens is 1. The molecule has 2 aliphatic heterocycles. The van der Waals surface area contributed by atoms with E-state index < -0.39 is 0 Å². The van der Waals surface area contributed by atoms with E-state index in [1.165, 1.54) is 6.08 Å². The number of carbonyl (C=O) groups is 3. The third-order valence-corrected chi connectivity index (χ3v) is 6.82. The van der Waals surface area contributed by atoms with Crippen molar-refractivity contribution >= 4 is 34.9 Å². The van der Waals surface area contributed by atoms with Crippen LogP contribution in [-0.4, -0.2) is 46.9 Å². The van der Waals surface area contributed by atoms with Crippen molar-refractivity contribution in [3.8, 4) is 0 Å². The predicted molar refractivity (Wildman–Crippen MR) is 145 cm³/mol. The molecule has 4 amide bonds. The number of aryl methyl sites for hydroxylation is 1. The molecule has 1 aromatic carbocycles. The number of piperidine rings is 1. The number of pyridine rings is 1. The summed E-state index contributed by atoms with van der Waals surface area (Å²) in [5, 5.41) is 6.01. The Morgan fingerprint density at radius 2 is 2.08 bits per heavy atom. The van der Waals surface area contributed by atoms with Crippen LogP contribution >= 0.6 is 0 Å². The van der Waals surface area contributed by atoms with E-state index in [-0.39, 0.29) is 23.9 Å². The van der Waals surface area contributed by atoms with Gasteiger partial charge < -0.3 is 15.5 Å². The molecule has 1 saturated heterocycles. The number of hydrogen-bond donors (Lipinski definition) is 2. The second-order valence-electron chi connectivity index (χ2n) is 10.1. The Morgan fingerprint density at radius 1 is 1.30 bits per heavy atom. The standard InChI is InChI=1S/C29H35N5O3/c1-6-25(35)33-14-8-10-22(17-33)31-28(36)19(4)27-26-20(5)30-13-12-24(26)34(29(37)32-27)23-11-7-9-21(16-23)15-18(2)3/h6-7,9,11-13,16,18,22H,1,8,10,14-15,17H2,2-5H3,(H,31,36)(H,32,37)/b27-19-.